The van der Waals surface area contributed by atoms with E-state index in [-0.39, 0.29) is 25.7 Å². The van der Waals surface area contributed by atoms with Gasteiger partial charge in [-0.25, -0.2) is 9.13 Å². The number of rotatable bonds is 71. The van der Waals surface area contributed by atoms with E-state index in [9.17, 15) is 43.2 Å². The zero-order chi connectivity index (χ0) is 68.0. The first-order valence-electron chi connectivity index (χ1n) is 37.9. The van der Waals surface area contributed by atoms with E-state index in [1.54, 1.807) is 0 Å². The van der Waals surface area contributed by atoms with E-state index in [0.717, 1.165) is 108 Å². The van der Waals surface area contributed by atoms with Crippen molar-refractivity contribution in [3.8, 4) is 0 Å². The van der Waals surface area contributed by atoms with Crippen LogP contribution in [-0.4, -0.2) is 96.7 Å². The van der Waals surface area contributed by atoms with Gasteiger partial charge in [-0.3, -0.25) is 37.3 Å². The van der Waals surface area contributed by atoms with E-state index >= 15 is 0 Å². The molecule has 0 aliphatic rings. The quantitative estimate of drug-likeness (QED) is 0.0222. The number of phosphoric acid groups is 2. The van der Waals surface area contributed by atoms with Gasteiger partial charge >= 0.3 is 39.5 Å². The van der Waals surface area contributed by atoms with Gasteiger partial charge in [0, 0.05) is 25.7 Å². The normalized spacial score (nSPS) is 14.4. The molecular weight excluding hydrogens is 1210 g/mol. The second kappa shape index (κ2) is 63.8. The van der Waals surface area contributed by atoms with Crippen LogP contribution >= 0.6 is 15.6 Å². The molecule has 92 heavy (non-hydrogen) atoms. The summed E-state index contributed by atoms with van der Waals surface area (Å²) in [5.74, 6) is 0.0815. The van der Waals surface area contributed by atoms with Crippen LogP contribution < -0.4 is 0 Å². The lowest BCUT2D eigenvalue weighted by Crippen LogP contribution is -2.30. The monoisotopic (exact) mass is 1350 g/mol. The molecule has 0 rings (SSSR count). The van der Waals surface area contributed by atoms with E-state index < -0.39 is 97.5 Å². The van der Waals surface area contributed by atoms with Crippen LogP contribution in [0.1, 0.15) is 370 Å². The van der Waals surface area contributed by atoms with Gasteiger partial charge in [-0.05, 0) is 43.4 Å². The van der Waals surface area contributed by atoms with Crippen LogP contribution in [0.2, 0.25) is 0 Å². The molecule has 0 radical (unpaired) electrons. The Morgan fingerprint density at radius 3 is 0.826 bits per heavy atom. The van der Waals surface area contributed by atoms with Crippen LogP contribution in [0.15, 0.2) is 0 Å². The van der Waals surface area contributed by atoms with Gasteiger partial charge in [-0.1, -0.05) is 318 Å². The van der Waals surface area contributed by atoms with E-state index in [4.69, 9.17) is 37.0 Å². The van der Waals surface area contributed by atoms with Gasteiger partial charge in [0.25, 0.3) is 0 Å². The number of aliphatic hydroxyl groups excluding tert-OH is 1. The number of hydrogen-bond donors (Lipinski definition) is 3. The standard InChI is InChI=1S/C73H142O17P2/c1-8-10-11-12-13-14-15-16-17-18-19-20-21-22-27-33-42-49-56-72(77)89-68(60-83-70(75)54-47-40-32-26-24-23-25-31-39-46-53-66(7)9-2)62-87-91(79,80)85-58-67(74)59-86-92(81,82)88-63-69(61-84-71(76)55-48-41-36-35-38-45-52-65(5)6)90-73(78)57-50-43-34-29-28-30-37-44-51-64(3)4/h64-69,74H,8-63H2,1-7H3,(H,79,80)(H,81,82)/t66?,67-,68-,69-/m1/s1. The topological polar surface area (TPSA) is 237 Å². The van der Waals surface area contributed by atoms with Crippen LogP contribution in [0.5, 0.6) is 0 Å². The maximum absolute atomic E-state index is 13.1. The maximum Gasteiger partial charge on any atom is 0.472 e. The first-order valence-corrected chi connectivity index (χ1v) is 40.9. The fraction of sp³-hybridized carbons (Fsp3) is 0.945. The highest BCUT2D eigenvalue weighted by atomic mass is 31.2. The summed E-state index contributed by atoms with van der Waals surface area (Å²) in [6.07, 6.45) is 48.8. The summed E-state index contributed by atoms with van der Waals surface area (Å²) in [6, 6.07) is 0. The molecule has 0 heterocycles. The van der Waals surface area contributed by atoms with Crippen molar-refractivity contribution in [2.45, 2.75) is 388 Å². The molecule has 3 unspecified atom stereocenters. The average Bonchev–Trinajstić information content (AvgIpc) is 2.11. The molecule has 17 nitrogen and oxygen atoms in total. The average molecular weight is 1350 g/mol. The maximum atomic E-state index is 13.1. The molecule has 3 N–H and O–H groups in total. The summed E-state index contributed by atoms with van der Waals surface area (Å²) in [5.41, 5.74) is 0. The van der Waals surface area contributed by atoms with Crippen molar-refractivity contribution in [1.29, 1.82) is 0 Å². The number of phosphoric ester groups is 2. The van der Waals surface area contributed by atoms with Gasteiger partial charge in [-0.2, -0.15) is 0 Å². The van der Waals surface area contributed by atoms with Gasteiger partial charge in [-0.15, -0.1) is 0 Å². The Labute approximate surface area is 562 Å². The van der Waals surface area contributed by atoms with Crippen LogP contribution in [-0.2, 0) is 65.4 Å². The first kappa shape index (κ1) is 90.1. The lowest BCUT2D eigenvalue weighted by atomic mass is 9.99. The Morgan fingerprint density at radius 1 is 0.315 bits per heavy atom. The predicted molar refractivity (Wildman–Crippen MR) is 372 cm³/mol. The third kappa shape index (κ3) is 65.4. The highest BCUT2D eigenvalue weighted by molar-refractivity contribution is 7.47. The third-order valence-electron chi connectivity index (χ3n) is 17.2. The first-order chi connectivity index (χ1) is 44.3. The van der Waals surface area contributed by atoms with Crippen LogP contribution in [0.4, 0.5) is 0 Å². The summed E-state index contributed by atoms with van der Waals surface area (Å²) in [4.78, 5) is 72.6. The molecule has 0 aromatic rings. The van der Waals surface area contributed by atoms with Crippen LogP contribution in [0.3, 0.4) is 0 Å². The summed E-state index contributed by atoms with van der Waals surface area (Å²) in [6.45, 7) is 11.8. The summed E-state index contributed by atoms with van der Waals surface area (Å²) < 4.78 is 68.4. The van der Waals surface area contributed by atoms with Gasteiger partial charge in [0.15, 0.2) is 12.2 Å². The lowest BCUT2D eigenvalue weighted by Gasteiger charge is -2.21. The van der Waals surface area contributed by atoms with Gasteiger partial charge < -0.3 is 33.8 Å². The smallest absolute Gasteiger partial charge is 0.462 e. The van der Waals surface area contributed by atoms with Crippen molar-refractivity contribution in [3.05, 3.63) is 0 Å². The number of unbranched alkanes of at least 4 members (excludes halogenated alkanes) is 38. The fourth-order valence-electron chi connectivity index (χ4n) is 11.0. The minimum absolute atomic E-state index is 0.103. The molecule has 546 valence electrons. The Bertz CT molecular complexity index is 1800. The number of carbonyl (C=O) groups excluding carboxylic acids is 4. The SMILES string of the molecule is CCCCCCCCCCCCCCCCCCCCC(=O)O[C@H](COC(=O)CCCCCCCCCCCCC(C)CC)COP(=O)(O)OC[C@@H](O)COP(=O)(O)OC[C@@H](COC(=O)CCCCCCCCC(C)C)OC(=O)CCCCCCCCCCC(C)C. The predicted octanol–water partition coefficient (Wildman–Crippen LogP) is 21.0. The third-order valence-corrected chi connectivity index (χ3v) is 19.1. The van der Waals surface area contributed by atoms with E-state index in [1.165, 1.54) is 173 Å². The van der Waals surface area contributed by atoms with E-state index in [0.29, 0.717) is 31.6 Å². The highest BCUT2D eigenvalue weighted by Gasteiger charge is 2.30. The molecule has 0 aromatic carbocycles. The van der Waals surface area contributed by atoms with Crippen LogP contribution in [0, 0.1) is 17.8 Å². The molecule has 19 heteroatoms. The molecular formula is C73H142O17P2. The zero-order valence-electron chi connectivity index (χ0n) is 60.0. The second-order valence-corrected chi connectivity index (χ2v) is 30.4. The van der Waals surface area contributed by atoms with Crippen molar-refractivity contribution >= 4 is 39.5 Å². The lowest BCUT2D eigenvalue weighted by molar-refractivity contribution is -0.161. The van der Waals surface area contributed by atoms with Crippen molar-refractivity contribution < 1.29 is 80.2 Å². The summed E-state index contributed by atoms with van der Waals surface area (Å²) in [5, 5.41) is 10.6. The summed E-state index contributed by atoms with van der Waals surface area (Å²) >= 11 is 0. The minimum Gasteiger partial charge on any atom is -0.462 e. The Morgan fingerprint density at radius 2 is 0.554 bits per heavy atom. The van der Waals surface area contributed by atoms with Crippen molar-refractivity contribution in [1.82, 2.24) is 0 Å². The number of carbonyl (C=O) groups is 4. The molecule has 0 fully saturated rings. The molecule has 0 saturated heterocycles. The highest BCUT2D eigenvalue weighted by Crippen LogP contribution is 2.45. The molecule has 0 bridgehead atoms. The van der Waals surface area contributed by atoms with E-state index in [1.807, 2.05) is 0 Å². The number of hydrogen-bond acceptors (Lipinski definition) is 15. The summed E-state index contributed by atoms with van der Waals surface area (Å²) in [7, 11) is -9.91. The van der Waals surface area contributed by atoms with Crippen molar-refractivity contribution in [2.24, 2.45) is 17.8 Å². The van der Waals surface area contributed by atoms with Crippen molar-refractivity contribution in [2.75, 3.05) is 39.6 Å². The van der Waals surface area contributed by atoms with Crippen LogP contribution in [0.25, 0.3) is 0 Å². The molecule has 0 aliphatic heterocycles. The molecule has 0 saturated carbocycles. The van der Waals surface area contributed by atoms with Gasteiger partial charge in [0.05, 0.1) is 26.4 Å². The number of ether oxygens (including phenoxy) is 4. The van der Waals surface area contributed by atoms with Crippen molar-refractivity contribution in [3.63, 3.8) is 0 Å². The Kier molecular flexibility index (Phi) is 62.4. The second-order valence-electron chi connectivity index (χ2n) is 27.5. The number of esters is 4. The number of aliphatic hydroxyl groups is 1. The molecule has 0 amide bonds. The molecule has 0 spiro atoms. The fourth-order valence-corrected chi connectivity index (χ4v) is 12.6. The van der Waals surface area contributed by atoms with Gasteiger partial charge in [0.1, 0.15) is 19.3 Å². The largest absolute Gasteiger partial charge is 0.472 e. The molecule has 6 atom stereocenters. The Hall–Kier alpha value is -1.94. The molecule has 0 aromatic heterocycles. The molecule has 0 aliphatic carbocycles. The van der Waals surface area contributed by atoms with E-state index in [2.05, 4.69) is 48.5 Å². The minimum atomic E-state index is -4.96. The van der Waals surface area contributed by atoms with Gasteiger partial charge in [0.2, 0.25) is 0 Å². The zero-order valence-corrected chi connectivity index (χ0v) is 61.8. The Balaban J connectivity index is 5.23.